The van der Waals surface area contributed by atoms with Crippen LogP contribution in [0.1, 0.15) is 57.6 Å². The molecule has 3 rings (SSSR count). The molecule has 1 saturated heterocycles. The second-order valence-corrected chi connectivity index (χ2v) is 7.88. The number of halogens is 3. The first kappa shape index (κ1) is 21.9. The zero-order valence-electron chi connectivity index (χ0n) is 17.6. The van der Waals surface area contributed by atoms with E-state index in [-0.39, 0.29) is 43.7 Å². The van der Waals surface area contributed by atoms with E-state index in [1.54, 1.807) is 4.90 Å². The average molecular weight is 421 g/mol. The molecule has 5 nitrogen and oxygen atoms in total. The third kappa shape index (κ3) is 4.08. The quantitative estimate of drug-likeness (QED) is 0.742. The summed E-state index contributed by atoms with van der Waals surface area (Å²) in [6.45, 7) is 8.93. The number of aromatic nitrogens is 1. The molecule has 2 aromatic rings. The fourth-order valence-corrected chi connectivity index (χ4v) is 4.16. The van der Waals surface area contributed by atoms with E-state index in [1.165, 1.54) is 23.1 Å². The Kier molecular flexibility index (Phi) is 5.97. The molecule has 8 heteroatoms. The van der Waals surface area contributed by atoms with Gasteiger partial charge in [0.05, 0.1) is 16.7 Å². The maximum Gasteiger partial charge on any atom is 0.417 e. The molecule has 1 aliphatic heterocycles. The summed E-state index contributed by atoms with van der Waals surface area (Å²) in [5, 5.41) is 0. The van der Waals surface area contributed by atoms with Gasteiger partial charge in [-0.25, -0.2) is 0 Å². The van der Waals surface area contributed by atoms with Crippen molar-refractivity contribution < 1.29 is 22.8 Å². The van der Waals surface area contributed by atoms with Gasteiger partial charge in [0.1, 0.15) is 0 Å². The van der Waals surface area contributed by atoms with Crippen LogP contribution in [0.15, 0.2) is 30.3 Å². The van der Waals surface area contributed by atoms with E-state index in [9.17, 15) is 22.8 Å². The van der Waals surface area contributed by atoms with Crippen molar-refractivity contribution in [2.75, 3.05) is 26.2 Å². The topological polar surface area (TPSA) is 45.6 Å². The molecular formula is C22H26F3N3O2. The maximum atomic E-state index is 13.2. The Morgan fingerprint density at radius 1 is 0.900 bits per heavy atom. The van der Waals surface area contributed by atoms with E-state index in [0.29, 0.717) is 5.56 Å². The third-order valence-corrected chi connectivity index (χ3v) is 5.55. The Morgan fingerprint density at radius 3 is 1.87 bits per heavy atom. The van der Waals surface area contributed by atoms with Crippen LogP contribution < -0.4 is 0 Å². The van der Waals surface area contributed by atoms with Crippen LogP contribution in [0.5, 0.6) is 0 Å². The van der Waals surface area contributed by atoms with E-state index in [2.05, 4.69) is 18.4 Å². The fourth-order valence-electron chi connectivity index (χ4n) is 4.16. The van der Waals surface area contributed by atoms with Crippen molar-refractivity contribution in [3.8, 4) is 0 Å². The van der Waals surface area contributed by atoms with Gasteiger partial charge in [0.15, 0.2) is 0 Å². The molecule has 2 heterocycles. The number of piperazine rings is 1. The molecule has 162 valence electrons. The number of aryl methyl sites for hydroxylation is 1. The maximum absolute atomic E-state index is 13.2. The van der Waals surface area contributed by atoms with Crippen LogP contribution >= 0.6 is 0 Å². The minimum absolute atomic E-state index is 0.113. The Hall–Kier alpha value is -2.77. The third-order valence-electron chi connectivity index (χ3n) is 5.55. The van der Waals surface area contributed by atoms with Crippen LogP contribution in [0.3, 0.4) is 0 Å². The normalized spacial score (nSPS) is 15.1. The van der Waals surface area contributed by atoms with Gasteiger partial charge in [0, 0.05) is 43.6 Å². The number of benzene rings is 1. The number of hydrogen-bond donors (Lipinski definition) is 0. The predicted octanol–water partition coefficient (Wildman–Crippen LogP) is 4.30. The summed E-state index contributed by atoms with van der Waals surface area (Å²) in [6, 6.07) is 6.90. The monoisotopic (exact) mass is 421 g/mol. The fraction of sp³-hybridized carbons (Fsp3) is 0.455. The molecule has 0 spiro atoms. The summed E-state index contributed by atoms with van der Waals surface area (Å²) in [6.07, 6.45) is -4.59. The van der Waals surface area contributed by atoms with Gasteiger partial charge in [-0.05, 0) is 45.9 Å². The van der Waals surface area contributed by atoms with Gasteiger partial charge in [-0.2, -0.15) is 13.2 Å². The highest BCUT2D eigenvalue weighted by atomic mass is 19.4. The predicted molar refractivity (Wildman–Crippen MR) is 108 cm³/mol. The first-order chi connectivity index (χ1) is 14.0. The van der Waals surface area contributed by atoms with Gasteiger partial charge in [-0.1, -0.05) is 12.1 Å². The Bertz CT molecular complexity index is 955. The van der Waals surface area contributed by atoms with E-state index in [1.807, 2.05) is 19.9 Å². The van der Waals surface area contributed by atoms with Gasteiger partial charge >= 0.3 is 6.18 Å². The zero-order valence-corrected chi connectivity index (χ0v) is 17.6. The molecule has 1 aromatic carbocycles. The summed E-state index contributed by atoms with van der Waals surface area (Å²) in [5.74, 6) is -0.772. The van der Waals surface area contributed by atoms with Crippen molar-refractivity contribution in [2.24, 2.45) is 0 Å². The molecule has 0 radical (unpaired) electrons. The molecule has 0 aliphatic carbocycles. The summed E-state index contributed by atoms with van der Waals surface area (Å²) >= 11 is 0. The summed E-state index contributed by atoms with van der Waals surface area (Å²) in [5.41, 5.74) is 1.23. The summed E-state index contributed by atoms with van der Waals surface area (Å²) < 4.78 is 41.8. The van der Waals surface area contributed by atoms with Gasteiger partial charge in [-0.3, -0.25) is 9.59 Å². The van der Waals surface area contributed by atoms with E-state index in [4.69, 9.17) is 0 Å². The van der Waals surface area contributed by atoms with Crippen LogP contribution in [-0.4, -0.2) is 52.4 Å². The second kappa shape index (κ2) is 8.16. The number of hydrogen-bond acceptors (Lipinski definition) is 2. The van der Waals surface area contributed by atoms with E-state index < -0.39 is 17.6 Å². The molecule has 30 heavy (non-hydrogen) atoms. The summed E-state index contributed by atoms with van der Waals surface area (Å²) in [7, 11) is 0. The lowest BCUT2D eigenvalue weighted by atomic mass is 10.1. The average Bonchev–Trinajstić information content (AvgIpc) is 3.00. The van der Waals surface area contributed by atoms with Crippen LogP contribution in [0.4, 0.5) is 13.2 Å². The molecule has 0 N–H and O–H groups in total. The van der Waals surface area contributed by atoms with Crippen LogP contribution in [0.25, 0.3) is 0 Å². The molecule has 0 bridgehead atoms. The Labute approximate surface area is 174 Å². The van der Waals surface area contributed by atoms with Gasteiger partial charge < -0.3 is 14.4 Å². The number of nitrogens with zero attached hydrogens (tertiary/aromatic N) is 3. The minimum atomic E-state index is -4.59. The van der Waals surface area contributed by atoms with Crippen molar-refractivity contribution in [3.63, 3.8) is 0 Å². The minimum Gasteiger partial charge on any atom is -0.346 e. The number of carbonyl (C=O) groups excluding carboxylic acids is 2. The highest BCUT2D eigenvalue weighted by Gasteiger charge is 2.36. The molecule has 0 atom stereocenters. The van der Waals surface area contributed by atoms with Gasteiger partial charge in [-0.15, -0.1) is 0 Å². The van der Waals surface area contributed by atoms with Gasteiger partial charge in [0.2, 0.25) is 0 Å². The number of amides is 2. The lowest BCUT2D eigenvalue weighted by Gasteiger charge is -2.35. The van der Waals surface area contributed by atoms with Crippen molar-refractivity contribution in [3.05, 3.63) is 58.4 Å². The highest BCUT2D eigenvalue weighted by molar-refractivity contribution is 5.97. The molecular weight excluding hydrogens is 395 g/mol. The smallest absolute Gasteiger partial charge is 0.346 e. The van der Waals surface area contributed by atoms with Crippen molar-refractivity contribution in [1.82, 2.24) is 14.4 Å². The van der Waals surface area contributed by atoms with E-state index in [0.717, 1.165) is 17.5 Å². The summed E-state index contributed by atoms with van der Waals surface area (Å²) in [4.78, 5) is 28.8. The SMILES string of the molecule is Cc1cc(C(=O)N2CCN(C(=O)c3ccccc3C(F)(F)F)CC2)c(C)n1C(C)C. The number of rotatable bonds is 3. The van der Waals surface area contributed by atoms with Crippen LogP contribution in [0.2, 0.25) is 0 Å². The van der Waals surface area contributed by atoms with Crippen molar-refractivity contribution >= 4 is 11.8 Å². The first-order valence-corrected chi connectivity index (χ1v) is 9.95. The number of alkyl halides is 3. The largest absolute Gasteiger partial charge is 0.417 e. The molecule has 0 unspecified atom stereocenters. The molecule has 1 fully saturated rings. The van der Waals surface area contributed by atoms with Crippen LogP contribution in [0, 0.1) is 13.8 Å². The van der Waals surface area contributed by atoms with Gasteiger partial charge in [0.25, 0.3) is 11.8 Å². The molecule has 1 aliphatic rings. The first-order valence-electron chi connectivity index (χ1n) is 9.95. The second-order valence-electron chi connectivity index (χ2n) is 7.88. The van der Waals surface area contributed by atoms with E-state index >= 15 is 0 Å². The lowest BCUT2D eigenvalue weighted by molar-refractivity contribution is -0.138. The number of carbonyl (C=O) groups is 2. The molecule has 0 saturated carbocycles. The highest BCUT2D eigenvalue weighted by Crippen LogP contribution is 2.32. The molecule has 2 amide bonds. The zero-order chi connectivity index (χ0) is 22.2. The standard InChI is InChI=1S/C22H26F3N3O2/c1-14(2)28-15(3)13-18(16(28)4)21(30)27-11-9-26(10-12-27)20(29)17-7-5-6-8-19(17)22(23,24)25/h5-8,13-14H,9-12H2,1-4H3. The van der Waals surface area contributed by atoms with Crippen molar-refractivity contribution in [1.29, 1.82) is 0 Å². The Morgan fingerprint density at radius 2 is 1.40 bits per heavy atom. The molecule has 1 aromatic heterocycles. The van der Waals surface area contributed by atoms with Crippen molar-refractivity contribution in [2.45, 2.75) is 39.9 Å². The Balaban J connectivity index is 1.72. The van der Waals surface area contributed by atoms with Crippen LogP contribution in [-0.2, 0) is 6.18 Å². The lowest BCUT2D eigenvalue weighted by Crippen LogP contribution is -2.50.